The van der Waals surface area contributed by atoms with E-state index in [1.54, 1.807) is 6.20 Å². The summed E-state index contributed by atoms with van der Waals surface area (Å²) in [5, 5.41) is 5.50. The molecule has 33 heavy (non-hydrogen) atoms. The zero-order chi connectivity index (χ0) is 23.5. The largest absolute Gasteiger partial charge is 0.368 e. The van der Waals surface area contributed by atoms with E-state index in [-0.39, 0.29) is 25.2 Å². The molecule has 0 aliphatic heterocycles. The van der Waals surface area contributed by atoms with Crippen molar-refractivity contribution in [2.45, 2.75) is 44.2 Å². The Morgan fingerprint density at radius 2 is 1.55 bits per heavy atom. The van der Waals surface area contributed by atoms with Crippen LogP contribution in [0.2, 0.25) is 0 Å². The molecule has 0 bridgehead atoms. The van der Waals surface area contributed by atoms with Gasteiger partial charge in [-0.2, -0.15) is 0 Å². The van der Waals surface area contributed by atoms with Gasteiger partial charge in [-0.3, -0.25) is 14.4 Å². The highest BCUT2D eigenvalue weighted by atomic mass is 16.2. The van der Waals surface area contributed by atoms with E-state index in [2.05, 4.69) is 20.6 Å². The Bertz CT molecular complexity index is 1020. The Kier molecular flexibility index (Phi) is 8.76. The lowest BCUT2D eigenvalue weighted by molar-refractivity contribution is -0.131. The summed E-state index contributed by atoms with van der Waals surface area (Å²) in [5.41, 5.74) is 8.25. The third-order valence-corrected chi connectivity index (χ3v) is 5.29. The van der Waals surface area contributed by atoms with Crippen molar-refractivity contribution in [3.63, 3.8) is 0 Å². The van der Waals surface area contributed by atoms with Gasteiger partial charge in [0.1, 0.15) is 12.1 Å². The maximum atomic E-state index is 13.0. The number of imidazole rings is 1. The summed E-state index contributed by atoms with van der Waals surface area (Å²) in [6, 6.07) is 17.4. The van der Waals surface area contributed by atoms with Crippen LogP contribution >= 0.6 is 0 Å². The van der Waals surface area contributed by atoms with Crippen LogP contribution in [-0.2, 0) is 33.6 Å². The van der Waals surface area contributed by atoms with E-state index < -0.39 is 23.9 Å². The number of aromatic amines is 1. The minimum absolute atomic E-state index is 0.215. The molecule has 2 atom stereocenters. The predicted octanol–water partition coefficient (Wildman–Crippen LogP) is 1.67. The summed E-state index contributed by atoms with van der Waals surface area (Å²) in [4.78, 5) is 44.5. The molecule has 1 aromatic heterocycles. The molecule has 3 amide bonds. The van der Waals surface area contributed by atoms with Gasteiger partial charge in [-0.1, -0.05) is 60.7 Å². The summed E-state index contributed by atoms with van der Waals surface area (Å²) in [5.74, 6) is -1.34. The van der Waals surface area contributed by atoms with Crippen molar-refractivity contribution in [2.75, 3.05) is 0 Å². The summed E-state index contributed by atoms with van der Waals surface area (Å²) < 4.78 is 0. The Hall–Kier alpha value is -3.94. The molecule has 0 fully saturated rings. The van der Waals surface area contributed by atoms with E-state index >= 15 is 0 Å². The van der Waals surface area contributed by atoms with Gasteiger partial charge in [0.15, 0.2) is 0 Å². The van der Waals surface area contributed by atoms with E-state index in [9.17, 15) is 14.4 Å². The van der Waals surface area contributed by atoms with Gasteiger partial charge in [-0.15, -0.1) is 0 Å². The number of amides is 3. The van der Waals surface area contributed by atoms with Crippen molar-refractivity contribution in [3.05, 3.63) is 90.0 Å². The molecule has 1 heterocycles. The monoisotopic (exact) mass is 447 g/mol. The number of aromatic nitrogens is 2. The molecule has 0 aliphatic rings. The molecule has 2 aromatic carbocycles. The molecule has 8 heteroatoms. The molecule has 3 rings (SSSR count). The number of nitrogens with zero attached hydrogens (tertiary/aromatic N) is 1. The van der Waals surface area contributed by atoms with Crippen molar-refractivity contribution >= 4 is 17.7 Å². The number of aryl methyl sites for hydroxylation is 1. The molecule has 0 saturated carbocycles. The highest BCUT2D eigenvalue weighted by molar-refractivity contribution is 5.91. The first kappa shape index (κ1) is 23.7. The van der Waals surface area contributed by atoms with Gasteiger partial charge in [0, 0.05) is 31.2 Å². The second kappa shape index (κ2) is 12.2. The first-order valence-corrected chi connectivity index (χ1v) is 11.0. The topological polar surface area (TPSA) is 130 Å². The number of carbonyl (C=O) groups excluding carboxylic acids is 3. The molecule has 172 valence electrons. The van der Waals surface area contributed by atoms with E-state index in [0.29, 0.717) is 12.1 Å². The Morgan fingerprint density at radius 1 is 0.879 bits per heavy atom. The third kappa shape index (κ3) is 7.92. The number of hydrogen-bond donors (Lipinski definition) is 4. The number of benzene rings is 2. The van der Waals surface area contributed by atoms with E-state index in [0.717, 1.165) is 17.5 Å². The Labute approximate surface area is 193 Å². The normalized spacial score (nSPS) is 12.5. The van der Waals surface area contributed by atoms with Crippen LogP contribution in [0.15, 0.2) is 73.2 Å². The number of H-pyrrole nitrogens is 1. The molecule has 5 N–H and O–H groups in total. The zero-order valence-electron chi connectivity index (χ0n) is 18.4. The van der Waals surface area contributed by atoms with E-state index in [1.165, 1.54) is 6.33 Å². The molecule has 0 spiro atoms. The lowest BCUT2D eigenvalue weighted by atomic mass is 10.0. The van der Waals surface area contributed by atoms with Gasteiger partial charge >= 0.3 is 0 Å². The van der Waals surface area contributed by atoms with Crippen LogP contribution in [0.4, 0.5) is 0 Å². The van der Waals surface area contributed by atoms with Crippen LogP contribution < -0.4 is 16.4 Å². The van der Waals surface area contributed by atoms with Crippen LogP contribution in [0.3, 0.4) is 0 Å². The van der Waals surface area contributed by atoms with Gasteiger partial charge < -0.3 is 21.4 Å². The minimum atomic E-state index is -0.890. The Morgan fingerprint density at radius 3 is 2.15 bits per heavy atom. The SMILES string of the molecule is NC(=O)[C@@H](Cc1ccccc1)NC(=O)[C@H](Cc1cnc[nH]1)NC(=O)CCCc1ccccc1. The standard InChI is InChI=1S/C25H29N5O3/c26-24(32)21(14-19-10-5-2-6-11-19)30-25(33)22(15-20-16-27-17-28-20)29-23(31)13-7-12-18-8-3-1-4-9-18/h1-6,8-11,16-17,21-22H,7,12-15H2,(H2,26,32)(H,27,28)(H,29,31)(H,30,33)/t21-,22+/m1/s1. The van der Waals surface area contributed by atoms with Gasteiger partial charge in [0.25, 0.3) is 0 Å². The average Bonchev–Trinajstić information content (AvgIpc) is 3.33. The highest BCUT2D eigenvalue weighted by Crippen LogP contribution is 2.07. The van der Waals surface area contributed by atoms with Crippen molar-refractivity contribution in [1.29, 1.82) is 0 Å². The first-order valence-electron chi connectivity index (χ1n) is 11.0. The molecule has 0 aliphatic carbocycles. The molecule has 0 unspecified atom stereocenters. The fourth-order valence-corrected chi connectivity index (χ4v) is 3.53. The summed E-state index contributed by atoms with van der Waals surface area (Å²) in [6.07, 6.45) is 5.30. The third-order valence-electron chi connectivity index (χ3n) is 5.29. The van der Waals surface area contributed by atoms with Gasteiger partial charge in [-0.25, -0.2) is 4.98 Å². The molecule has 0 saturated heterocycles. The number of nitrogens with two attached hydrogens (primary N) is 1. The van der Waals surface area contributed by atoms with Gasteiger partial charge in [0.05, 0.1) is 6.33 Å². The van der Waals surface area contributed by atoms with Crippen molar-refractivity contribution < 1.29 is 14.4 Å². The molecule has 0 radical (unpaired) electrons. The van der Waals surface area contributed by atoms with Gasteiger partial charge in [-0.05, 0) is 24.0 Å². The molecule has 8 nitrogen and oxygen atoms in total. The quantitative estimate of drug-likeness (QED) is 0.336. The van der Waals surface area contributed by atoms with Crippen LogP contribution in [0, 0.1) is 0 Å². The first-order chi connectivity index (χ1) is 16.0. The molecular weight excluding hydrogens is 418 g/mol. The fourth-order valence-electron chi connectivity index (χ4n) is 3.53. The molecular formula is C25H29N5O3. The van der Waals surface area contributed by atoms with Gasteiger partial charge in [0.2, 0.25) is 17.7 Å². The lowest BCUT2D eigenvalue weighted by Crippen LogP contribution is -2.54. The van der Waals surface area contributed by atoms with Crippen LogP contribution in [0.1, 0.15) is 29.7 Å². The number of carbonyl (C=O) groups is 3. The fraction of sp³-hybridized carbons (Fsp3) is 0.280. The second-order valence-corrected chi connectivity index (χ2v) is 7.89. The summed E-state index contributed by atoms with van der Waals surface area (Å²) in [7, 11) is 0. The van der Waals surface area contributed by atoms with Crippen molar-refractivity contribution in [2.24, 2.45) is 5.73 Å². The number of rotatable bonds is 12. The average molecular weight is 448 g/mol. The van der Waals surface area contributed by atoms with E-state index in [4.69, 9.17) is 5.73 Å². The summed E-state index contributed by atoms with van der Waals surface area (Å²) >= 11 is 0. The predicted molar refractivity (Wildman–Crippen MR) is 125 cm³/mol. The number of primary amides is 1. The second-order valence-electron chi connectivity index (χ2n) is 7.89. The minimum Gasteiger partial charge on any atom is -0.368 e. The lowest BCUT2D eigenvalue weighted by Gasteiger charge is -2.22. The maximum absolute atomic E-state index is 13.0. The number of nitrogens with one attached hydrogen (secondary N) is 3. The smallest absolute Gasteiger partial charge is 0.243 e. The van der Waals surface area contributed by atoms with Crippen molar-refractivity contribution in [1.82, 2.24) is 20.6 Å². The zero-order valence-corrected chi connectivity index (χ0v) is 18.4. The Balaban J connectivity index is 1.61. The molecule has 3 aromatic rings. The highest BCUT2D eigenvalue weighted by Gasteiger charge is 2.26. The van der Waals surface area contributed by atoms with E-state index in [1.807, 2.05) is 60.7 Å². The summed E-state index contributed by atoms with van der Waals surface area (Å²) in [6.45, 7) is 0. The van der Waals surface area contributed by atoms with Crippen LogP contribution in [-0.4, -0.2) is 39.8 Å². The van der Waals surface area contributed by atoms with Crippen LogP contribution in [0.25, 0.3) is 0 Å². The number of hydrogen-bond acceptors (Lipinski definition) is 4. The van der Waals surface area contributed by atoms with Crippen molar-refractivity contribution in [3.8, 4) is 0 Å². The maximum Gasteiger partial charge on any atom is 0.243 e. The van der Waals surface area contributed by atoms with Crippen LogP contribution in [0.5, 0.6) is 0 Å².